The van der Waals surface area contributed by atoms with Gasteiger partial charge in [0.15, 0.2) is 5.16 Å². The van der Waals surface area contributed by atoms with E-state index in [9.17, 15) is 9.90 Å². The molecule has 0 aliphatic carbocycles. The molecule has 0 saturated heterocycles. The largest absolute Gasteiger partial charge is 0.502 e. The Hall–Kier alpha value is -1.56. The van der Waals surface area contributed by atoms with Crippen LogP contribution in [-0.4, -0.2) is 33.9 Å². The zero-order chi connectivity index (χ0) is 15.5. The fourth-order valence-corrected chi connectivity index (χ4v) is 1.30. The van der Waals surface area contributed by atoms with E-state index in [0.29, 0.717) is 10.9 Å². The molecule has 6 heteroatoms. The number of ether oxygens (including phenoxy) is 1. The molecular formula is C14H22N2O3S. The van der Waals surface area contributed by atoms with Crippen LogP contribution < -0.4 is 0 Å². The molecule has 0 radical (unpaired) electrons. The number of rotatable bonds is 4. The highest BCUT2D eigenvalue weighted by Gasteiger charge is 2.08. The summed E-state index contributed by atoms with van der Waals surface area (Å²) < 4.78 is 4.63. The first-order chi connectivity index (χ1) is 9.40. The summed E-state index contributed by atoms with van der Waals surface area (Å²) in [7, 11) is 0. The highest BCUT2D eigenvalue weighted by atomic mass is 32.2. The minimum absolute atomic E-state index is 0.219. The molecule has 0 aliphatic heterocycles. The molecule has 0 aromatic carbocycles. The van der Waals surface area contributed by atoms with E-state index in [1.165, 1.54) is 17.8 Å². The van der Waals surface area contributed by atoms with Crippen LogP contribution in [0.3, 0.4) is 0 Å². The summed E-state index contributed by atoms with van der Waals surface area (Å²) >= 11 is 1.38. The molecule has 1 rings (SSSR count). The molecule has 1 aromatic heterocycles. The lowest BCUT2D eigenvalue weighted by molar-refractivity contribution is -0.141. The van der Waals surface area contributed by atoms with Crippen molar-refractivity contribution in [2.45, 2.75) is 32.9 Å². The standard InChI is InChI=1S/C10H12N2O3S.C4H10/c1-3-15-9(14)8(13)6-7-4-5-11-10(12-7)16-2;1-4(2)3/h4-6,13H,3H2,1-2H3;4H,1-3H3/b8-6-;. The van der Waals surface area contributed by atoms with Crippen molar-refractivity contribution in [3.63, 3.8) is 0 Å². The predicted octanol–water partition coefficient (Wildman–Crippen LogP) is 3.32. The third kappa shape index (κ3) is 8.53. The Morgan fingerprint density at radius 3 is 2.60 bits per heavy atom. The molecule has 1 N–H and O–H groups in total. The molecule has 0 amide bonds. The minimum Gasteiger partial charge on any atom is -0.502 e. The number of nitrogens with zero attached hydrogens (tertiary/aromatic N) is 2. The number of thioether (sulfide) groups is 1. The SMILES string of the molecule is CC(C)C.CCOC(=O)/C(O)=C/c1ccnc(SC)n1. The number of carbonyl (C=O) groups excluding carboxylic acids is 1. The summed E-state index contributed by atoms with van der Waals surface area (Å²) in [5.41, 5.74) is 0.463. The Balaban J connectivity index is 0.000000796. The Bertz CT molecular complexity index is 445. The Labute approximate surface area is 124 Å². The van der Waals surface area contributed by atoms with Crippen molar-refractivity contribution in [1.82, 2.24) is 9.97 Å². The molecule has 0 atom stereocenters. The summed E-state index contributed by atoms with van der Waals surface area (Å²) in [6.07, 6.45) is 4.65. The van der Waals surface area contributed by atoms with Crippen molar-refractivity contribution >= 4 is 23.8 Å². The van der Waals surface area contributed by atoms with Gasteiger partial charge in [-0.2, -0.15) is 0 Å². The second-order valence-electron chi connectivity index (χ2n) is 4.45. The third-order valence-corrected chi connectivity index (χ3v) is 2.17. The molecule has 0 saturated carbocycles. The average Bonchev–Trinajstić information content (AvgIpc) is 2.38. The number of aromatic nitrogens is 2. The van der Waals surface area contributed by atoms with Gasteiger partial charge in [0.05, 0.1) is 12.3 Å². The van der Waals surface area contributed by atoms with E-state index < -0.39 is 11.7 Å². The average molecular weight is 298 g/mol. The van der Waals surface area contributed by atoms with Crippen LogP contribution in [0.15, 0.2) is 23.2 Å². The quantitative estimate of drug-likeness (QED) is 0.302. The van der Waals surface area contributed by atoms with E-state index in [4.69, 9.17) is 0 Å². The molecule has 1 heterocycles. The van der Waals surface area contributed by atoms with Crippen LogP contribution in [0.25, 0.3) is 6.08 Å². The van der Waals surface area contributed by atoms with Gasteiger partial charge in [-0.25, -0.2) is 14.8 Å². The monoisotopic (exact) mass is 298 g/mol. The van der Waals surface area contributed by atoms with Gasteiger partial charge in [-0.1, -0.05) is 32.5 Å². The topological polar surface area (TPSA) is 72.3 Å². The molecule has 0 spiro atoms. The molecule has 1 aromatic rings. The van der Waals surface area contributed by atoms with Gasteiger partial charge < -0.3 is 9.84 Å². The maximum Gasteiger partial charge on any atom is 0.373 e. The molecule has 0 bridgehead atoms. The zero-order valence-electron chi connectivity index (χ0n) is 12.6. The van der Waals surface area contributed by atoms with E-state index in [-0.39, 0.29) is 6.61 Å². The van der Waals surface area contributed by atoms with E-state index >= 15 is 0 Å². The van der Waals surface area contributed by atoms with Crippen LogP contribution in [0.4, 0.5) is 0 Å². The molecule has 112 valence electrons. The lowest BCUT2D eigenvalue weighted by Gasteiger charge is -2.00. The van der Waals surface area contributed by atoms with Gasteiger partial charge in [0, 0.05) is 12.3 Å². The lowest BCUT2D eigenvalue weighted by atomic mass is 10.3. The fourth-order valence-electron chi connectivity index (χ4n) is 0.937. The first-order valence-corrected chi connectivity index (χ1v) is 7.58. The van der Waals surface area contributed by atoms with Crippen molar-refractivity contribution in [3.05, 3.63) is 23.7 Å². The molecule has 5 nitrogen and oxygen atoms in total. The van der Waals surface area contributed by atoms with Crippen LogP contribution in [0.1, 0.15) is 33.4 Å². The molecule has 20 heavy (non-hydrogen) atoms. The number of hydrogen-bond acceptors (Lipinski definition) is 6. The van der Waals surface area contributed by atoms with E-state index in [0.717, 1.165) is 5.92 Å². The first kappa shape index (κ1) is 18.4. The summed E-state index contributed by atoms with van der Waals surface area (Å²) in [5, 5.41) is 9.96. The van der Waals surface area contributed by atoms with Crippen LogP contribution in [0, 0.1) is 5.92 Å². The van der Waals surface area contributed by atoms with Gasteiger partial charge in [-0.3, -0.25) is 0 Å². The van der Waals surface area contributed by atoms with Crippen LogP contribution in [-0.2, 0) is 9.53 Å². The molecule has 0 unspecified atom stereocenters. The summed E-state index contributed by atoms with van der Waals surface area (Å²) in [6.45, 7) is 8.39. The van der Waals surface area contributed by atoms with E-state index in [1.807, 2.05) is 6.26 Å². The summed E-state index contributed by atoms with van der Waals surface area (Å²) in [6, 6.07) is 1.59. The predicted molar refractivity (Wildman–Crippen MR) is 81.6 cm³/mol. The number of esters is 1. The zero-order valence-corrected chi connectivity index (χ0v) is 13.4. The van der Waals surface area contributed by atoms with Crippen LogP contribution >= 0.6 is 11.8 Å². The minimum atomic E-state index is -0.758. The smallest absolute Gasteiger partial charge is 0.373 e. The Morgan fingerprint density at radius 1 is 1.50 bits per heavy atom. The Kier molecular flexibility index (Phi) is 9.45. The van der Waals surface area contributed by atoms with Crippen LogP contribution in [0.2, 0.25) is 0 Å². The first-order valence-electron chi connectivity index (χ1n) is 6.35. The second-order valence-corrected chi connectivity index (χ2v) is 5.22. The van der Waals surface area contributed by atoms with Crippen molar-refractivity contribution in [2.24, 2.45) is 5.92 Å². The van der Waals surface area contributed by atoms with Gasteiger partial charge in [0.25, 0.3) is 0 Å². The van der Waals surface area contributed by atoms with Crippen molar-refractivity contribution in [3.8, 4) is 0 Å². The maximum absolute atomic E-state index is 11.1. The van der Waals surface area contributed by atoms with Gasteiger partial charge in [-0.05, 0) is 25.2 Å². The number of aliphatic hydroxyl groups is 1. The molecule has 0 fully saturated rings. The highest BCUT2D eigenvalue weighted by molar-refractivity contribution is 7.98. The highest BCUT2D eigenvalue weighted by Crippen LogP contribution is 2.10. The number of carbonyl (C=O) groups is 1. The number of hydrogen-bond donors (Lipinski definition) is 1. The summed E-state index contributed by atoms with van der Waals surface area (Å²) in [5.74, 6) is -0.389. The molecular weight excluding hydrogens is 276 g/mol. The number of aliphatic hydroxyl groups excluding tert-OH is 1. The normalized spacial score (nSPS) is 10.8. The Morgan fingerprint density at radius 2 is 2.10 bits per heavy atom. The van der Waals surface area contributed by atoms with E-state index in [1.54, 1.807) is 19.2 Å². The third-order valence-electron chi connectivity index (χ3n) is 1.61. The van der Waals surface area contributed by atoms with Gasteiger partial charge in [0.1, 0.15) is 0 Å². The van der Waals surface area contributed by atoms with Gasteiger partial charge >= 0.3 is 5.97 Å². The summed E-state index contributed by atoms with van der Waals surface area (Å²) in [4.78, 5) is 19.2. The van der Waals surface area contributed by atoms with Crippen LogP contribution in [0.5, 0.6) is 0 Å². The fraction of sp³-hybridized carbons (Fsp3) is 0.500. The van der Waals surface area contributed by atoms with Crippen molar-refractivity contribution in [1.29, 1.82) is 0 Å². The van der Waals surface area contributed by atoms with E-state index in [2.05, 4.69) is 35.5 Å². The van der Waals surface area contributed by atoms with Gasteiger partial charge in [0.2, 0.25) is 5.76 Å². The second kappa shape index (κ2) is 10.3. The van der Waals surface area contributed by atoms with Gasteiger partial charge in [-0.15, -0.1) is 0 Å². The molecule has 0 aliphatic rings. The van der Waals surface area contributed by atoms with Crippen molar-refractivity contribution in [2.75, 3.05) is 12.9 Å². The maximum atomic E-state index is 11.1. The lowest BCUT2D eigenvalue weighted by Crippen LogP contribution is -2.07. The van der Waals surface area contributed by atoms with Crippen molar-refractivity contribution < 1.29 is 14.6 Å².